The van der Waals surface area contributed by atoms with Gasteiger partial charge in [-0.3, -0.25) is 20.4 Å². The summed E-state index contributed by atoms with van der Waals surface area (Å²) in [6.07, 6.45) is 0. The highest BCUT2D eigenvalue weighted by Gasteiger charge is 2.10. The van der Waals surface area contributed by atoms with Crippen molar-refractivity contribution in [3.8, 4) is 11.4 Å². The number of carbonyl (C=O) groups excluding carboxylic acids is 2. The summed E-state index contributed by atoms with van der Waals surface area (Å²) >= 11 is 0. The van der Waals surface area contributed by atoms with Crippen LogP contribution in [0.1, 0.15) is 26.3 Å². The van der Waals surface area contributed by atoms with Crippen molar-refractivity contribution in [3.63, 3.8) is 0 Å². The van der Waals surface area contributed by atoms with Gasteiger partial charge in [0, 0.05) is 36.5 Å². The summed E-state index contributed by atoms with van der Waals surface area (Å²) in [6.45, 7) is 0.418. The first-order chi connectivity index (χ1) is 16.0. The van der Waals surface area contributed by atoms with E-state index in [2.05, 4.69) is 26.3 Å². The second-order valence-electron chi connectivity index (χ2n) is 7.56. The number of aromatic nitrogens is 4. The number of carbonyl (C=O) groups is 2. The van der Waals surface area contributed by atoms with E-state index in [9.17, 15) is 9.59 Å². The minimum Gasteiger partial charge on any atom is -0.378 e. The minimum atomic E-state index is -0.412. The van der Waals surface area contributed by atoms with Crippen LogP contribution < -0.4 is 15.8 Å². The van der Waals surface area contributed by atoms with Crippen LogP contribution in [-0.4, -0.2) is 46.1 Å². The van der Waals surface area contributed by atoms with Crippen molar-refractivity contribution in [2.75, 3.05) is 19.0 Å². The Morgan fingerprint density at radius 2 is 1.39 bits per heavy atom. The van der Waals surface area contributed by atoms with Crippen LogP contribution in [-0.2, 0) is 6.54 Å². The van der Waals surface area contributed by atoms with Crippen molar-refractivity contribution in [1.82, 2.24) is 31.1 Å². The van der Waals surface area contributed by atoms with Gasteiger partial charge in [0.2, 0.25) is 5.82 Å². The molecule has 4 aromatic rings. The number of nitrogens with one attached hydrogen (secondary N) is 2. The number of hydrogen-bond donors (Lipinski definition) is 2. The zero-order valence-electron chi connectivity index (χ0n) is 18.3. The Kier molecular flexibility index (Phi) is 6.40. The Balaban J connectivity index is 1.32. The molecule has 0 unspecified atom stereocenters. The smallest absolute Gasteiger partial charge is 0.269 e. The van der Waals surface area contributed by atoms with Crippen LogP contribution in [0.15, 0.2) is 78.9 Å². The van der Waals surface area contributed by atoms with Gasteiger partial charge in [0.1, 0.15) is 0 Å². The molecule has 0 saturated carbocycles. The fourth-order valence-corrected chi connectivity index (χ4v) is 3.11. The van der Waals surface area contributed by atoms with Gasteiger partial charge in [0.05, 0.1) is 6.54 Å². The van der Waals surface area contributed by atoms with Gasteiger partial charge in [-0.1, -0.05) is 42.5 Å². The molecule has 166 valence electrons. The highest BCUT2D eigenvalue weighted by Crippen LogP contribution is 2.13. The average Bonchev–Trinajstić information content (AvgIpc) is 3.32. The van der Waals surface area contributed by atoms with Crippen LogP contribution in [0.2, 0.25) is 0 Å². The maximum absolute atomic E-state index is 12.4. The molecule has 0 fully saturated rings. The van der Waals surface area contributed by atoms with Gasteiger partial charge in [-0.15, -0.1) is 10.2 Å². The predicted octanol–water partition coefficient (Wildman–Crippen LogP) is 2.53. The summed E-state index contributed by atoms with van der Waals surface area (Å²) < 4.78 is 0. The highest BCUT2D eigenvalue weighted by molar-refractivity contribution is 5.99. The third-order valence-corrected chi connectivity index (χ3v) is 4.96. The zero-order valence-corrected chi connectivity index (χ0v) is 18.3. The number of tetrazole rings is 1. The SMILES string of the molecule is CN(C)c1ccc(C(=O)NNC(=O)c2ccc(Cn3nnc(-c4ccccc4)n3)cc2)cc1. The summed E-state index contributed by atoms with van der Waals surface area (Å²) in [5, 5.41) is 12.6. The molecule has 0 radical (unpaired) electrons. The first-order valence-electron chi connectivity index (χ1n) is 10.3. The van der Waals surface area contributed by atoms with E-state index in [1.807, 2.05) is 73.6 Å². The molecule has 9 nitrogen and oxygen atoms in total. The predicted molar refractivity (Wildman–Crippen MR) is 124 cm³/mol. The Morgan fingerprint density at radius 1 is 0.818 bits per heavy atom. The van der Waals surface area contributed by atoms with E-state index in [-0.39, 0.29) is 0 Å². The molecule has 0 aliphatic carbocycles. The topological polar surface area (TPSA) is 105 Å². The fraction of sp³-hybridized carbons (Fsp3) is 0.125. The number of hydrazine groups is 1. The van der Waals surface area contributed by atoms with E-state index in [0.29, 0.717) is 23.5 Å². The van der Waals surface area contributed by atoms with Gasteiger partial charge in [-0.2, -0.15) is 4.80 Å². The maximum Gasteiger partial charge on any atom is 0.269 e. The van der Waals surface area contributed by atoms with Gasteiger partial charge < -0.3 is 4.90 Å². The van der Waals surface area contributed by atoms with Crippen molar-refractivity contribution in [2.45, 2.75) is 6.54 Å². The number of benzene rings is 3. The standard InChI is InChI=1S/C24H23N7O2/c1-30(2)21-14-12-20(13-15-21)24(33)27-26-23(32)19-10-8-17(9-11-19)16-31-28-22(25-29-31)18-6-4-3-5-7-18/h3-15H,16H2,1-2H3,(H,26,32)(H,27,33). The molecule has 1 heterocycles. The van der Waals surface area contributed by atoms with Gasteiger partial charge >= 0.3 is 0 Å². The molecule has 2 N–H and O–H groups in total. The van der Waals surface area contributed by atoms with E-state index < -0.39 is 11.8 Å². The Labute approximate surface area is 191 Å². The molecule has 9 heteroatoms. The molecule has 33 heavy (non-hydrogen) atoms. The number of amides is 2. The van der Waals surface area contributed by atoms with E-state index >= 15 is 0 Å². The number of hydrogen-bond acceptors (Lipinski definition) is 6. The van der Waals surface area contributed by atoms with Gasteiger partial charge in [-0.05, 0) is 47.2 Å². The summed E-state index contributed by atoms with van der Waals surface area (Å²) in [5.41, 5.74) is 8.52. The van der Waals surface area contributed by atoms with Crippen molar-refractivity contribution in [2.24, 2.45) is 0 Å². The molecule has 0 bridgehead atoms. The molecule has 0 saturated heterocycles. The lowest BCUT2D eigenvalue weighted by molar-refractivity contribution is 0.0846. The monoisotopic (exact) mass is 441 g/mol. The molecular formula is C24H23N7O2. The molecule has 3 aromatic carbocycles. The second-order valence-corrected chi connectivity index (χ2v) is 7.56. The van der Waals surface area contributed by atoms with Crippen molar-refractivity contribution in [3.05, 3.63) is 95.6 Å². The molecule has 0 aliphatic rings. The van der Waals surface area contributed by atoms with Crippen LogP contribution in [0.5, 0.6) is 0 Å². The summed E-state index contributed by atoms with van der Waals surface area (Å²) in [4.78, 5) is 28.1. The van der Waals surface area contributed by atoms with Crippen LogP contribution >= 0.6 is 0 Å². The highest BCUT2D eigenvalue weighted by atomic mass is 16.2. The summed E-state index contributed by atoms with van der Waals surface area (Å²) in [6, 6.07) is 23.7. The van der Waals surface area contributed by atoms with Crippen molar-refractivity contribution < 1.29 is 9.59 Å². The van der Waals surface area contributed by atoms with Gasteiger partial charge in [0.15, 0.2) is 0 Å². The van der Waals surface area contributed by atoms with E-state index in [1.165, 1.54) is 4.80 Å². The summed E-state index contributed by atoms with van der Waals surface area (Å²) in [7, 11) is 3.84. The molecular weight excluding hydrogens is 418 g/mol. The van der Waals surface area contributed by atoms with Gasteiger partial charge in [0.25, 0.3) is 11.8 Å². The molecule has 0 atom stereocenters. The Hall–Kier alpha value is -4.53. The second kappa shape index (κ2) is 9.73. The van der Waals surface area contributed by atoms with Crippen LogP contribution in [0.4, 0.5) is 5.69 Å². The van der Waals surface area contributed by atoms with E-state index in [1.54, 1.807) is 24.3 Å². The largest absolute Gasteiger partial charge is 0.378 e. The van der Waals surface area contributed by atoms with Gasteiger partial charge in [-0.25, -0.2) is 0 Å². The summed E-state index contributed by atoms with van der Waals surface area (Å²) in [5.74, 6) is -0.250. The number of anilines is 1. The lowest BCUT2D eigenvalue weighted by Gasteiger charge is -2.13. The number of nitrogens with zero attached hydrogens (tertiary/aromatic N) is 5. The quantitative estimate of drug-likeness (QED) is 0.446. The van der Waals surface area contributed by atoms with Crippen molar-refractivity contribution >= 4 is 17.5 Å². The lowest BCUT2D eigenvalue weighted by Crippen LogP contribution is -2.41. The van der Waals surface area contributed by atoms with E-state index in [0.717, 1.165) is 16.8 Å². The van der Waals surface area contributed by atoms with Crippen molar-refractivity contribution in [1.29, 1.82) is 0 Å². The van der Waals surface area contributed by atoms with E-state index in [4.69, 9.17) is 0 Å². The third kappa shape index (κ3) is 5.40. The molecule has 0 aliphatic heterocycles. The fourth-order valence-electron chi connectivity index (χ4n) is 3.11. The van der Waals surface area contributed by atoms with Crippen LogP contribution in [0.3, 0.4) is 0 Å². The Bertz CT molecular complexity index is 1230. The number of rotatable bonds is 6. The zero-order chi connectivity index (χ0) is 23.2. The molecule has 2 amide bonds. The first kappa shape index (κ1) is 21.7. The first-order valence-corrected chi connectivity index (χ1v) is 10.3. The minimum absolute atomic E-state index is 0.392. The lowest BCUT2D eigenvalue weighted by atomic mass is 10.1. The average molecular weight is 441 g/mol. The van der Waals surface area contributed by atoms with Crippen LogP contribution in [0, 0.1) is 0 Å². The molecule has 0 spiro atoms. The third-order valence-electron chi connectivity index (χ3n) is 4.96. The molecule has 1 aromatic heterocycles. The maximum atomic E-state index is 12.4. The van der Waals surface area contributed by atoms with Crippen LogP contribution in [0.25, 0.3) is 11.4 Å². The molecule has 4 rings (SSSR count). The Morgan fingerprint density at radius 3 is 1.97 bits per heavy atom. The normalized spacial score (nSPS) is 10.5.